The zero-order chi connectivity index (χ0) is 19.3. The van der Waals surface area contributed by atoms with E-state index < -0.39 is 0 Å². The van der Waals surface area contributed by atoms with Crippen molar-refractivity contribution in [2.75, 3.05) is 13.1 Å². The van der Waals surface area contributed by atoms with E-state index in [2.05, 4.69) is 15.6 Å². The molecule has 0 fully saturated rings. The first kappa shape index (κ1) is 18.0. The minimum atomic E-state index is -0.300. The lowest BCUT2D eigenvalue weighted by Crippen LogP contribution is -2.35. The van der Waals surface area contributed by atoms with Crippen LogP contribution in [0.1, 0.15) is 16.2 Å². The number of fused-ring (bicyclic) bond motifs is 1. The molecule has 0 atom stereocenters. The van der Waals surface area contributed by atoms with Crippen LogP contribution in [0, 0.1) is 0 Å². The van der Waals surface area contributed by atoms with E-state index in [0.717, 1.165) is 21.9 Å². The minimum Gasteiger partial charge on any atom is -0.459 e. The van der Waals surface area contributed by atoms with Crippen molar-refractivity contribution in [1.82, 2.24) is 20.0 Å². The fourth-order valence-electron chi connectivity index (χ4n) is 2.80. The van der Waals surface area contributed by atoms with E-state index in [0.29, 0.717) is 13.1 Å². The average molecular weight is 394 g/mol. The Bertz CT molecular complexity index is 1080. The second-order valence-electron chi connectivity index (χ2n) is 6.13. The molecule has 3 heterocycles. The van der Waals surface area contributed by atoms with Crippen LogP contribution in [0.3, 0.4) is 0 Å². The molecule has 0 saturated heterocycles. The van der Waals surface area contributed by atoms with Gasteiger partial charge in [-0.25, -0.2) is 4.98 Å². The maximum absolute atomic E-state index is 12.2. The lowest BCUT2D eigenvalue weighted by atomic mass is 10.2. The van der Waals surface area contributed by atoms with Gasteiger partial charge in [0.2, 0.25) is 5.91 Å². The SMILES string of the molecule is O=C(Cc1csc2nc(-c3ccccc3)cn12)NCCNC(=O)c1ccco1. The molecule has 2 amide bonds. The number of nitrogens with one attached hydrogen (secondary N) is 2. The summed E-state index contributed by atoms with van der Waals surface area (Å²) in [7, 11) is 0. The van der Waals surface area contributed by atoms with Crippen LogP contribution >= 0.6 is 11.3 Å². The van der Waals surface area contributed by atoms with Gasteiger partial charge >= 0.3 is 0 Å². The second-order valence-corrected chi connectivity index (χ2v) is 6.97. The van der Waals surface area contributed by atoms with Gasteiger partial charge in [0.1, 0.15) is 0 Å². The van der Waals surface area contributed by atoms with Crippen LogP contribution < -0.4 is 10.6 Å². The van der Waals surface area contributed by atoms with Crippen LogP contribution in [0.15, 0.2) is 64.7 Å². The molecule has 0 spiro atoms. The molecule has 3 aromatic heterocycles. The summed E-state index contributed by atoms with van der Waals surface area (Å²) >= 11 is 1.51. The molecule has 0 aliphatic heterocycles. The van der Waals surface area contributed by atoms with E-state index in [1.807, 2.05) is 46.3 Å². The van der Waals surface area contributed by atoms with Crippen molar-refractivity contribution in [3.05, 3.63) is 71.8 Å². The molecular weight excluding hydrogens is 376 g/mol. The molecule has 4 aromatic rings. The van der Waals surface area contributed by atoms with Crippen molar-refractivity contribution in [1.29, 1.82) is 0 Å². The molecule has 0 aliphatic carbocycles. The van der Waals surface area contributed by atoms with Gasteiger partial charge in [0.25, 0.3) is 5.91 Å². The molecule has 0 unspecified atom stereocenters. The summed E-state index contributed by atoms with van der Waals surface area (Å²) in [5.41, 5.74) is 2.81. The van der Waals surface area contributed by atoms with Crippen LogP contribution in [0.25, 0.3) is 16.2 Å². The summed E-state index contributed by atoms with van der Waals surface area (Å²) in [6.45, 7) is 0.672. The van der Waals surface area contributed by atoms with Gasteiger partial charge in [0.15, 0.2) is 10.7 Å². The topological polar surface area (TPSA) is 88.6 Å². The number of benzene rings is 1. The zero-order valence-corrected chi connectivity index (χ0v) is 15.7. The first-order chi connectivity index (χ1) is 13.7. The molecule has 142 valence electrons. The summed E-state index contributed by atoms with van der Waals surface area (Å²) in [5, 5.41) is 7.44. The Morgan fingerprint density at radius 2 is 1.89 bits per heavy atom. The van der Waals surface area contributed by atoms with Crippen molar-refractivity contribution in [3.63, 3.8) is 0 Å². The molecular formula is C20H18N4O3S. The number of rotatable bonds is 7. The maximum Gasteiger partial charge on any atom is 0.287 e. The predicted octanol–water partition coefficient (Wildman–Crippen LogP) is 2.74. The van der Waals surface area contributed by atoms with Crippen LogP contribution in [-0.4, -0.2) is 34.3 Å². The van der Waals surface area contributed by atoms with E-state index in [1.54, 1.807) is 12.1 Å². The Morgan fingerprint density at radius 3 is 2.68 bits per heavy atom. The first-order valence-electron chi connectivity index (χ1n) is 8.80. The largest absolute Gasteiger partial charge is 0.459 e. The molecule has 0 aliphatic rings. The summed E-state index contributed by atoms with van der Waals surface area (Å²) in [5.74, 6) is -0.158. The highest BCUT2D eigenvalue weighted by Gasteiger charge is 2.13. The number of amides is 2. The molecule has 4 rings (SSSR count). The van der Waals surface area contributed by atoms with Crippen LogP contribution in [-0.2, 0) is 11.2 Å². The number of nitrogens with zero attached hydrogens (tertiary/aromatic N) is 2. The van der Waals surface area contributed by atoms with Crippen molar-refractivity contribution in [2.45, 2.75) is 6.42 Å². The highest BCUT2D eigenvalue weighted by molar-refractivity contribution is 7.15. The van der Waals surface area contributed by atoms with Crippen molar-refractivity contribution in [3.8, 4) is 11.3 Å². The summed E-state index contributed by atoms with van der Waals surface area (Å²) in [4.78, 5) is 29.5. The Labute approximate surface area is 165 Å². The predicted molar refractivity (Wildman–Crippen MR) is 106 cm³/mol. The van der Waals surface area contributed by atoms with Crippen molar-refractivity contribution in [2.24, 2.45) is 0 Å². The highest BCUT2D eigenvalue weighted by Crippen LogP contribution is 2.23. The van der Waals surface area contributed by atoms with Crippen LogP contribution in [0.4, 0.5) is 0 Å². The molecule has 0 bridgehead atoms. The van der Waals surface area contributed by atoms with Gasteiger partial charge in [-0.3, -0.25) is 14.0 Å². The van der Waals surface area contributed by atoms with Crippen molar-refractivity contribution >= 4 is 28.1 Å². The number of hydrogen-bond donors (Lipinski definition) is 2. The van der Waals surface area contributed by atoms with Crippen molar-refractivity contribution < 1.29 is 14.0 Å². The van der Waals surface area contributed by atoms with E-state index in [-0.39, 0.29) is 24.0 Å². The molecule has 28 heavy (non-hydrogen) atoms. The number of imidazole rings is 1. The number of carbonyl (C=O) groups excluding carboxylic acids is 2. The number of thiazole rings is 1. The Hall–Kier alpha value is -3.39. The number of carbonyl (C=O) groups is 2. The second kappa shape index (κ2) is 8.10. The van der Waals surface area contributed by atoms with E-state index >= 15 is 0 Å². The van der Waals surface area contributed by atoms with Gasteiger partial charge in [0.05, 0.1) is 18.4 Å². The summed E-state index contributed by atoms with van der Waals surface area (Å²) in [6.07, 6.45) is 3.64. The molecule has 1 aromatic carbocycles. The summed E-state index contributed by atoms with van der Waals surface area (Å²) in [6, 6.07) is 13.2. The van der Waals surface area contributed by atoms with E-state index in [4.69, 9.17) is 4.42 Å². The highest BCUT2D eigenvalue weighted by atomic mass is 32.1. The first-order valence-corrected chi connectivity index (χ1v) is 9.68. The molecule has 0 radical (unpaired) electrons. The Kier molecular flexibility index (Phi) is 5.20. The third kappa shape index (κ3) is 3.96. The van der Waals surface area contributed by atoms with Gasteiger partial charge < -0.3 is 15.1 Å². The van der Waals surface area contributed by atoms with E-state index in [9.17, 15) is 9.59 Å². The van der Waals surface area contributed by atoms with Crippen LogP contribution in [0.5, 0.6) is 0 Å². The normalized spacial score (nSPS) is 10.9. The number of hydrogen-bond acceptors (Lipinski definition) is 5. The molecule has 0 saturated carbocycles. The van der Waals surface area contributed by atoms with E-state index in [1.165, 1.54) is 17.6 Å². The van der Waals surface area contributed by atoms with Gasteiger partial charge in [-0.05, 0) is 12.1 Å². The smallest absolute Gasteiger partial charge is 0.287 e. The monoisotopic (exact) mass is 394 g/mol. The third-order valence-electron chi connectivity index (χ3n) is 4.17. The molecule has 2 N–H and O–H groups in total. The fraction of sp³-hybridized carbons (Fsp3) is 0.150. The Balaban J connectivity index is 1.31. The van der Waals surface area contributed by atoms with Gasteiger partial charge in [-0.1, -0.05) is 30.3 Å². The van der Waals surface area contributed by atoms with Gasteiger partial charge in [-0.2, -0.15) is 0 Å². The average Bonchev–Trinajstić information content (AvgIpc) is 3.44. The standard InChI is InChI=1S/C20H18N4O3S/c25-18(21-8-9-22-19(26)17-7-4-10-27-17)11-15-13-28-20-23-16(12-24(15)20)14-5-2-1-3-6-14/h1-7,10,12-13H,8-9,11H2,(H,21,25)(H,22,26). The third-order valence-corrected chi connectivity index (χ3v) is 5.06. The quantitative estimate of drug-likeness (QED) is 0.472. The lowest BCUT2D eigenvalue weighted by Gasteiger charge is -2.06. The van der Waals surface area contributed by atoms with Gasteiger partial charge in [-0.15, -0.1) is 11.3 Å². The Morgan fingerprint density at radius 1 is 1.07 bits per heavy atom. The number of furan rings is 1. The maximum atomic E-state index is 12.2. The molecule has 8 heteroatoms. The zero-order valence-electron chi connectivity index (χ0n) is 14.9. The van der Waals surface area contributed by atoms with Crippen LogP contribution in [0.2, 0.25) is 0 Å². The van der Waals surface area contributed by atoms with Gasteiger partial charge in [0, 0.05) is 35.9 Å². The summed E-state index contributed by atoms with van der Waals surface area (Å²) < 4.78 is 6.96. The fourth-order valence-corrected chi connectivity index (χ4v) is 3.68. The lowest BCUT2D eigenvalue weighted by molar-refractivity contribution is -0.120. The number of aromatic nitrogens is 2. The minimum absolute atomic E-state index is 0.109. The molecule has 7 nitrogen and oxygen atoms in total.